The lowest BCUT2D eigenvalue weighted by Crippen LogP contribution is -2.21. The van der Waals surface area contributed by atoms with Gasteiger partial charge >= 0.3 is 0 Å². The zero-order chi connectivity index (χ0) is 22.8. The summed E-state index contributed by atoms with van der Waals surface area (Å²) in [5.41, 5.74) is 5.72. The number of halogens is 1. The lowest BCUT2D eigenvalue weighted by atomic mass is 10.2. The Kier molecular flexibility index (Phi) is 9.86. The van der Waals surface area contributed by atoms with Crippen molar-refractivity contribution in [1.29, 1.82) is 0 Å². The van der Waals surface area contributed by atoms with E-state index >= 15 is 0 Å². The molecule has 3 rings (SSSR count). The highest BCUT2D eigenvalue weighted by atomic mass is 35.5. The molecule has 0 aliphatic carbocycles. The molecule has 168 valence electrons. The number of benzene rings is 2. The smallest absolute Gasteiger partial charge is 0.250 e. The molecule has 1 heterocycles. The molecule has 3 aromatic rings. The molecule has 32 heavy (non-hydrogen) atoms. The second-order valence-electron chi connectivity index (χ2n) is 6.56. The Morgan fingerprint density at radius 2 is 1.78 bits per heavy atom. The summed E-state index contributed by atoms with van der Waals surface area (Å²) < 4.78 is 1.59. The van der Waals surface area contributed by atoms with Crippen LogP contribution >= 0.6 is 46.5 Å². The van der Waals surface area contributed by atoms with Crippen molar-refractivity contribution in [3.05, 3.63) is 64.7 Å². The Balaban J connectivity index is 1.41. The van der Waals surface area contributed by atoms with Crippen LogP contribution in [0.25, 0.3) is 0 Å². The molecule has 2 aromatic carbocycles. The van der Waals surface area contributed by atoms with Crippen LogP contribution in [0.3, 0.4) is 0 Å². The molecule has 0 aliphatic rings. The van der Waals surface area contributed by atoms with Crippen LogP contribution in [0.4, 0.5) is 5.69 Å². The van der Waals surface area contributed by atoms with Crippen LogP contribution in [0, 0.1) is 0 Å². The Hall–Kier alpha value is -2.07. The minimum Gasteiger partial charge on any atom is -0.372 e. The SMILES string of the molecule is CCN(CC)c1ccc(/C=N/NC(=O)CSc2nnc(SCc3ccccc3Cl)s2)cc1. The average Bonchev–Trinajstić information content (AvgIpc) is 3.27. The van der Waals surface area contributed by atoms with E-state index in [1.807, 2.05) is 36.4 Å². The molecular weight excluding hydrogens is 482 g/mol. The largest absolute Gasteiger partial charge is 0.372 e. The van der Waals surface area contributed by atoms with Gasteiger partial charge in [0.1, 0.15) is 0 Å². The number of hydrogen-bond acceptors (Lipinski definition) is 8. The standard InChI is InChI=1S/C22H24ClN5OS3/c1-3-28(4-2)18-11-9-16(10-12-18)13-24-25-20(29)15-31-22-27-26-21(32-22)30-14-17-7-5-6-8-19(17)23/h5-13H,3-4,14-15H2,1-2H3,(H,25,29)/b24-13+. The van der Waals surface area contributed by atoms with E-state index < -0.39 is 0 Å². The first-order valence-electron chi connectivity index (χ1n) is 10.1. The highest BCUT2D eigenvalue weighted by Gasteiger charge is 2.09. The molecule has 1 amide bonds. The van der Waals surface area contributed by atoms with Crippen LogP contribution in [0.1, 0.15) is 25.0 Å². The minimum atomic E-state index is -0.188. The van der Waals surface area contributed by atoms with Gasteiger partial charge in [-0.3, -0.25) is 4.79 Å². The predicted octanol–water partition coefficient (Wildman–Crippen LogP) is 5.57. The summed E-state index contributed by atoms with van der Waals surface area (Å²) in [7, 11) is 0. The van der Waals surface area contributed by atoms with Crippen LogP contribution in [0.5, 0.6) is 0 Å². The summed E-state index contributed by atoms with van der Waals surface area (Å²) >= 11 is 10.6. The quantitative estimate of drug-likeness (QED) is 0.208. The number of anilines is 1. The Morgan fingerprint density at radius 3 is 2.47 bits per heavy atom. The van der Waals surface area contributed by atoms with Gasteiger partial charge in [-0.15, -0.1) is 10.2 Å². The van der Waals surface area contributed by atoms with Crippen molar-refractivity contribution in [2.24, 2.45) is 5.10 Å². The Morgan fingerprint density at radius 1 is 1.09 bits per heavy atom. The maximum atomic E-state index is 12.1. The third-order valence-corrected chi connectivity index (χ3v) is 8.06. The molecule has 10 heteroatoms. The monoisotopic (exact) mass is 505 g/mol. The molecule has 6 nitrogen and oxygen atoms in total. The summed E-state index contributed by atoms with van der Waals surface area (Å²) in [6, 6.07) is 15.8. The third-order valence-electron chi connectivity index (χ3n) is 4.45. The van der Waals surface area contributed by atoms with Gasteiger partial charge in [-0.1, -0.05) is 76.8 Å². The molecule has 0 saturated carbocycles. The second-order valence-corrected chi connectivity index (χ2v) is 10.4. The summed E-state index contributed by atoms with van der Waals surface area (Å²) in [5, 5.41) is 13.1. The number of rotatable bonds is 11. The van der Waals surface area contributed by atoms with E-state index in [0.29, 0.717) is 0 Å². The van der Waals surface area contributed by atoms with Gasteiger partial charge in [0.2, 0.25) is 0 Å². The Bertz CT molecular complexity index is 1040. The van der Waals surface area contributed by atoms with E-state index in [9.17, 15) is 4.79 Å². The zero-order valence-electron chi connectivity index (χ0n) is 17.8. The normalized spacial score (nSPS) is 11.1. The van der Waals surface area contributed by atoms with E-state index in [1.54, 1.807) is 18.0 Å². The van der Waals surface area contributed by atoms with Gasteiger partial charge in [0.25, 0.3) is 5.91 Å². The van der Waals surface area contributed by atoms with Gasteiger partial charge in [-0.25, -0.2) is 5.43 Å². The number of thioether (sulfide) groups is 2. The highest BCUT2D eigenvalue weighted by Crippen LogP contribution is 2.32. The van der Waals surface area contributed by atoms with Crippen molar-refractivity contribution < 1.29 is 4.79 Å². The molecule has 1 N–H and O–H groups in total. The molecule has 0 fully saturated rings. The van der Waals surface area contributed by atoms with Crippen molar-refractivity contribution in [3.8, 4) is 0 Å². The fraction of sp³-hybridized carbons (Fsp3) is 0.273. The molecule has 0 bridgehead atoms. The number of aromatic nitrogens is 2. The molecule has 0 saturated heterocycles. The number of carbonyl (C=O) groups excluding carboxylic acids is 1. The van der Waals surface area contributed by atoms with Gasteiger partial charge in [-0.05, 0) is 43.2 Å². The van der Waals surface area contributed by atoms with Gasteiger partial charge in [-0.2, -0.15) is 5.10 Å². The topological polar surface area (TPSA) is 70.5 Å². The van der Waals surface area contributed by atoms with Gasteiger partial charge in [0.05, 0.1) is 12.0 Å². The summed E-state index contributed by atoms with van der Waals surface area (Å²) in [6.45, 7) is 6.20. The van der Waals surface area contributed by atoms with Crippen molar-refractivity contribution >= 4 is 64.3 Å². The highest BCUT2D eigenvalue weighted by molar-refractivity contribution is 8.03. The van der Waals surface area contributed by atoms with E-state index in [0.717, 1.165) is 43.7 Å². The van der Waals surface area contributed by atoms with E-state index in [1.165, 1.54) is 28.8 Å². The van der Waals surface area contributed by atoms with Crippen molar-refractivity contribution in [2.45, 2.75) is 28.3 Å². The van der Waals surface area contributed by atoms with E-state index in [2.05, 4.69) is 51.6 Å². The third kappa shape index (κ3) is 7.51. The molecule has 0 unspecified atom stereocenters. The number of hydrazone groups is 1. The maximum absolute atomic E-state index is 12.1. The predicted molar refractivity (Wildman–Crippen MR) is 137 cm³/mol. The number of carbonyl (C=O) groups is 1. The van der Waals surface area contributed by atoms with Crippen molar-refractivity contribution in [1.82, 2.24) is 15.6 Å². The maximum Gasteiger partial charge on any atom is 0.250 e. The molecule has 0 atom stereocenters. The summed E-state index contributed by atoms with van der Waals surface area (Å²) in [4.78, 5) is 14.3. The molecule has 1 aromatic heterocycles. The average molecular weight is 506 g/mol. The first kappa shape index (κ1) is 24.6. The van der Waals surface area contributed by atoms with E-state index in [4.69, 9.17) is 11.6 Å². The van der Waals surface area contributed by atoms with Crippen LogP contribution in [-0.4, -0.2) is 41.2 Å². The summed E-state index contributed by atoms with van der Waals surface area (Å²) in [6.07, 6.45) is 1.64. The van der Waals surface area contributed by atoms with Crippen LogP contribution in [0.15, 0.2) is 62.3 Å². The van der Waals surface area contributed by atoms with Crippen LogP contribution in [0.2, 0.25) is 5.02 Å². The second kappa shape index (κ2) is 12.8. The number of nitrogens with zero attached hydrogens (tertiary/aromatic N) is 4. The first-order valence-corrected chi connectivity index (χ1v) is 13.2. The lowest BCUT2D eigenvalue weighted by molar-refractivity contribution is -0.118. The van der Waals surface area contributed by atoms with Gasteiger partial charge < -0.3 is 4.90 Å². The first-order chi connectivity index (χ1) is 15.6. The molecule has 0 spiro atoms. The van der Waals surface area contributed by atoms with E-state index in [-0.39, 0.29) is 11.7 Å². The van der Waals surface area contributed by atoms with Gasteiger partial charge in [0.15, 0.2) is 8.68 Å². The molecule has 0 aliphatic heterocycles. The molecular formula is C22H24ClN5OS3. The lowest BCUT2D eigenvalue weighted by Gasteiger charge is -2.20. The number of amides is 1. The summed E-state index contributed by atoms with van der Waals surface area (Å²) in [5.74, 6) is 0.762. The van der Waals surface area contributed by atoms with Crippen LogP contribution < -0.4 is 10.3 Å². The fourth-order valence-corrected chi connectivity index (χ4v) is 5.87. The Labute approximate surface area is 205 Å². The fourth-order valence-electron chi connectivity index (χ4n) is 2.77. The number of hydrogen-bond donors (Lipinski definition) is 1. The van der Waals surface area contributed by atoms with Crippen molar-refractivity contribution in [3.63, 3.8) is 0 Å². The minimum absolute atomic E-state index is 0.188. The van der Waals surface area contributed by atoms with Crippen molar-refractivity contribution in [2.75, 3.05) is 23.7 Å². The zero-order valence-corrected chi connectivity index (χ0v) is 21.0. The molecule has 0 radical (unpaired) electrons. The van der Waals surface area contributed by atoms with Gasteiger partial charge in [0, 0.05) is 29.6 Å². The number of nitrogens with one attached hydrogen (secondary N) is 1. The van der Waals surface area contributed by atoms with Crippen LogP contribution in [-0.2, 0) is 10.5 Å².